The maximum atomic E-state index is 11.9. The molecule has 1 aliphatic rings. The van der Waals surface area contributed by atoms with Crippen LogP contribution >= 0.6 is 0 Å². The Balaban J connectivity index is 2.17. The van der Waals surface area contributed by atoms with Gasteiger partial charge in [-0.2, -0.15) is 0 Å². The van der Waals surface area contributed by atoms with Crippen LogP contribution in [0.5, 0.6) is 0 Å². The van der Waals surface area contributed by atoms with E-state index in [0.29, 0.717) is 0 Å². The zero-order valence-corrected chi connectivity index (χ0v) is 9.86. The SMILES string of the molecule is CC1(C)CC1NC(=O)c1ccccc1C(=O)O. The molecular weight excluding hydrogens is 218 g/mol. The molecule has 0 aliphatic heterocycles. The van der Waals surface area contributed by atoms with Crippen LogP contribution in [0.15, 0.2) is 24.3 Å². The molecule has 0 bridgehead atoms. The highest BCUT2D eigenvalue weighted by atomic mass is 16.4. The second kappa shape index (κ2) is 3.87. The van der Waals surface area contributed by atoms with Crippen molar-refractivity contribution in [1.82, 2.24) is 5.32 Å². The van der Waals surface area contributed by atoms with Gasteiger partial charge >= 0.3 is 5.97 Å². The van der Waals surface area contributed by atoms with Crippen LogP contribution in [0.4, 0.5) is 0 Å². The lowest BCUT2D eigenvalue weighted by molar-refractivity contribution is 0.0691. The van der Waals surface area contributed by atoms with E-state index in [1.54, 1.807) is 12.1 Å². The average Bonchev–Trinajstić information content (AvgIpc) is 2.85. The van der Waals surface area contributed by atoms with E-state index in [1.165, 1.54) is 12.1 Å². The molecule has 4 heteroatoms. The van der Waals surface area contributed by atoms with Gasteiger partial charge in [-0.1, -0.05) is 26.0 Å². The van der Waals surface area contributed by atoms with Crippen LogP contribution in [0.1, 0.15) is 41.0 Å². The first-order valence-corrected chi connectivity index (χ1v) is 5.55. The van der Waals surface area contributed by atoms with E-state index < -0.39 is 5.97 Å². The van der Waals surface area contributed by atoms with Gasteiger partial charge in [0.2, 0.25) is 0 Å². The van der Waals surface area contributed by atoms with Gasteiger partial charge in [0.25, 0.3) is 5.91 Å². The normalized spacial score (nSPS) is 20.7. The molecule has 1 fully saturated rings. The van der Waals surface area contributed by atoms with Crippen LogP contribution in [-0.4, -0.2) is 23.0 Å². The summed E-state index contributed by atoms with van der Waals surface area (Å²) in [5.41, 5.74) is 0.402. The van der Waals surface area contributed by atoms with Crippen molar-refractivity contribution in [2.24, 2.45) is 5.41 Å². The molecule has 4 nitrogen and oxygen atoms in total. The van der Waals surface area contributed by atoms with E-state index in [2.05, 4.69) is 19.2 Å². The Hall–Kier alpha value is -1.84. The summed E-state index contributed by atoms with van der Waals surface area (Å²) >= 11 is 0. The van der Waals surface area contributed by atoms with Crippen LogP contribution in [0.3, 0.4) is 0 Å². The maximum absolute atomic E-state index is 11.9. The molecular formula is C13H15NO3. The molecule has 1 atom stereocenters. The van der Waals surface area contributed by atoms with Gasteiger partial charge in [0.1, 0.15) is 0 Å². The molecule has 0 saturated heterocycles. The van der Waals surface area contributed by atoms with Crippen LogP contribution in [0.25, 0.3) is 0 Å². The summed E-state index contributed by atoms with van der Waals surface area (Å²) in [6.45, 7) is 4.14. The molecule has 1 aliphatic carbocycles. The number of nitrogens with one attached hydrogen (secondary N) is 1. The molecule has 1 unspecified atom stereocenters. The Morgan fingerprint density at radius 1 is 1.29 bits per heavy atom. The van der Waals surface area contributed by atoms with Crippen molar-refractivity contribution in [2.75, 3.05) is 0 Å². The summed E-state index contributed by atoms with van der Waals surface area (Å²) in [5, 5.41) is 11.8. The van der Waals surface area contributed by atoms with Crippen LogP contribution in [0, 0.1) is 5.41 Å². The molecule has 90 valence electrons. The van der Waals surface area contributed by atoms with E-state index >= 15 is 0 Å². The molecule has 1 aromatic rings. The van der Waals surface area contributed by atoms with Crippen molar-refractivity contribution in [3.05, 3.63) is 35.4 Å². The molecule has 1 saturated carbocycles. The fraction of sp³-hybridized carbons (Fsp3) is 0.385. The zero-order chi connectivity index (χ0) is 12.6. The van der Waals surface area contributed by atoms with Crippen molar-refractivity contribution in [2.45, 2.75) is 26.3 Å². The van der Waals surface area contributed by atoms with E-state index in [0.717, 1.165) is 6.42 Å². The average molecular weight is 233 g/mol. The van der Waals surface area contributed by atoms with Gasteiger partial charge in [-0.3, -0.25) is 4.79 Å². The van der Waals surface area contributed by atoms with Gasteiger partial charge in [-0.25, -0.2) is 4.79 Å². The van der Waals surface area contributed by atoms with Crippen LogP contribution < -0.4 is 5.32 Å². The third kappa shape index (κ3) is 2.30. The number of benzene rings is 1. The number of amides is 1. The van der Waals surface area contributed by atoms with Gasteiger partial charge < -0.3 is 10.4 Å². The van der Waals surface area contributed by atoms with Gasteiger partial charge in [0.15, 0.2) is 0 Å². The zero-order valence-electron chi connectivity index (χ0n) is 9.86. The van der Waals surface area contributed by atoms with Crippen LogP contribution in [0.2, 0.25) is 0 Å². The predicted octanol–water partition coefficient (Wildman–Crippen LogP) is 1.91. The number of rotatable bonds is 3. The largest absolute Gasteiger partial charge is 0.478 e. The van der Waals surface area contributed by atoms with Crippen molar-refractivity contribution in [3.8, 4) is 0 Å². The second-order valence-electron chi connectivity index (χ2n) is 5.07. The molecule has 0 spiro atoms. The summed E-state index contributed by atoms with van der Waals surface area (Å²) < 4.78 is 0. The lowest BCUT2D eigenvalue weighted by Crippen LogP contribution is -2.29. The number of carbonyl (C=O) groups excluding carboxylic acids is 1. The highest BCUT2D eigenvalue weighted by Gasteiger charge is 2.46. The van der Waals surface area contributed by atoms with E-state index in [9.17, 15) is 9.59 Å². The molecule has 2 rings (SSSR count). The molecule has 1 aromatic carbocycles. The highest BCUT2D eigenvalue weighted by molar-refractivity contribution is 6.04. The second-order valence-corrected chi connectivity index (χ2v) is 5.07. The van der Waals surface area contributed by atoms with Gasteiger partial charge in [0.05, 0.1) is 11.1 Å². The van der Waals surface area contributed by atoms with Gasteiger partial charge in [0, 0.05) is 6.04 Å². The van der Waals surface area contributed by atoms with Crippen molar-refractivity contribution < 1.29 is 14.7 Å². The lowest BCUT2D eigenvalue weighted by Gasteiger charge is -2.08. The molecule has 17 heavy (non-hydrogen) atoms. The molecule has 0 radical (unpaired) electrons. The Labute approximate surface area is 99.6 Å². The first kappa shape index (κ1) is 11.6. The molecule has 0 heterocycles. The van der Waals surface area contributed by atoms with Gasteiger partial charge in [-0.05, 0) is 24.0 Å². The number of hydrogen-bond donors (Lipinski definition) is 2. The predicted molar refractivity (Wildman–Crippen MR) is 63.1 cm³/mol. The smallest absolute Gasteiger partial charge is 0.336 e. The van der Waals surface area contributed by atoms with Gasteiger partial charge in [-0.15, -0.1) is 0 Å². The topological polar surface area (TPSA) is 66.4 Å². The molecule has 0 aromatic heterocycles. The highest BCUT2D eigenvalue weighted by Crippen LogP contribution is 2.44. The number of hydrogen-bond acceptors (Lipinski definition) is 2. The summed E-state index contributed by atoms with van der Waals surface area (Å²) in [4.78, 5) is 22.9. The Morgan fingerprint density at radius 2 is 1.82 bits per heavy atom. The quantitative estimate of drug-likeness (QED) is 0.838. The summed E-state index contributed by atoms with van der Waals surface area (Å²) in [6.07, 6.45) is 0.938. The summed E-state index contributed by atoms with van der Waals surface area (Å²) in [5.74, 6) is -1.38. The minimum atomic E-state index is -1.08. The molecule has 1 amide bonds. The number of carbonyl (C=O) groups is 2. The number of carboxylic acids is 1. The first-order chi connectivity index (χ1) is 7.92. The standard InChI is InChI=1S/C13H15NO3/c1-13(2)7-10(13)14-11(15)8-5-3-4-6-9(8)12(16)17/h3-6,10H,7H2,1-2H3,(H,14,15)(H,16,17). The van der Waals surface area contributed by atoms with Crippen molar-refractivity contribution in [1.29, 1.82) is 0 Å². The fourth-order valence-corrected chi connectivity index (χ4v) is 1.82. The minimum absolute atomic E-state index is 0.0449. The first-order valence-electron chi connectivity index (χ1n) is 5.55. The third-order valence-electron chi connectivity index (χ3n) is 3.22. The van der Waals surface area contributed by atoms with Crippen LogP contribution in [-0.2, 0) is 0 Å². The monoisotopic (exact) mass is 233 g/mol. The fourth-order valence-electron chi connectivity index (χ4n) is 1.82. The summed E-state index contributed by atoms with van der Waals surface area (Å²) in [6, 6.07) is 6.40. The Morgan fingerprint density at radius 3 is 2.29 bits per heavy atom. The lowest BCUT2D eigenvalue weighted by atomic mass is 10.1. The van der Waals surface area contributed by atoms with E-state index in [-0.39, 0.29) is 28.5 Å². The maximum Gasteiger partial charge on any atom is 0.336 e. The van der Waals surface area contributed by atoms with E-state index in [4.69, 9.17) is 5.11 Å². The number of carboxylic acid groups (broad SMARTS) is 1. The van der Waals surface area contributed by atoms with E-state index in [1.807, 2.05) is 0 Å². The minimum Gasteiger partial charge on any atom is -0.478 e. The Kier molecular flexibility index (Phi) is 2.65. The Bertz CT molecular complexity index is 479. The third-order valence-corrected chi connectivity index (χ3v) is 3.22. The number of aromatic carboxylic acids is 1. The van der Waals surface area contributed by atoms with Crippen molar-refractivity contribution in [3.63, 3.8) is 0 Å². The van der Waals surface area contributed by atoms with Crippen molar-refractivity contribution >= 4 is 11.9 Å². The molecule has 2 N–H and O–H groups in total. The summed E-state index contributed by atoms with van der Waals surface area (Å²) in [7, 11) is 0.